The molecule has 0 bridgehead atoms. The summed E-state index contributed by atoms with van der Waals surface area (Å²) in [6, 6.07) is 20.5. The lowest BCUT2D eigenvalue weighted by atomic mass is 9.98. The van der Waals surface area contributed by atoms with Crippen molar-refractivity contribution in [2.75, 3.05) is 13.7 Å². The number of alkyl halides is 3. The van der Waals surface area contributed by atoms with Gasteiger partial charge >= 0.3 is 17.6 Å². The Morgan fingerprint density at radius 3 is 2.23 bits per heavy atom. The van der Waals surface area contributed by atoms with Crippen LogP contribution < -0.4 is 26.5 Å². The minimum atomic E-state index is -4.73. The van der Waals surface area contributed by atoms with Gasteiger partial charge in [-0.1, -0.05) is 53.7 Å². The highest BCUT2D eigenvalue weighted by Crippen LogP contribution is 2.30. The van der Waals surface area contributed by atoms with Crippen molar-refractivity contribution in [1.29, 1.82) is 0 Å². The lowest BCUT2D eigenvalue weighted by Gasteiger charge is -2.17. The maximum Gasteiger partial charge on any atom is 0.439 e. The number of ketones is 1. The number of carbonyl (C=O) groups is 1. The van der Waals surface area contributed by atoms with E-state index in [1.165, 1.54) is 31.4 Å². The van der Waals surface area contributed by atoms with E-state index in [9.17, 15) is 32.3 Å². The van der Waals surface area contributed by atoms with Gasteiger partial charge < -0.3 is 9.47 Å². The van der Waals surface area contributed by atoms with Crippen LogP contribution in [0.5, 0.6) is 11.6 Å². The van der Waals surface area contributed by atoms with Crippen LogP contribution in [-0.4, -0.2) is 45.0 Å². The Bertz CT molecular complexity index is 1970. The number of benzene rings is 3. The minimum Gasteiger partial charge on any atom is -0.497 e. The second-order valence-corrected chi connectivity index (χ2v) is 9.52. The molecule has 0 aliphatic heterocycles. The van der Waals surface area contributed by atoms with Gasteiger partial charge in [-0.3, -0.25) is 28.2 Å². The van der Waals surface area contributed by atoms with Crippen LogP contribution in [-0.2, 0) is 13.1 Å². The molecule has 11 nitrogen and oxygen atoms in total. The van der Waals surface area contributed by atoms with Crippen molar-refractivity contribution in [3.63, 3.8) is 0 Å². The van der Waals surface area contributed by atoms with Crippen LogP contribution >= 0.6 is 0 Å². The number of ether oxygens (including phenoxy) is 2. The van der Waals surface area contributed by atoms with Crippen LogP contribution in [0.25, 0.3) is 22.5 Å². The van der Waals surface area contributed by atoms with Crippen molar-refractivity contribution in [1.82, 2.24) is 19.3 Å². The van der Waals surface area contributed by atoms with E-state index in [4.69, 9.17) is 9.47 Å². The third-order valence-electron chi connectivity index (χ3n) is 6.57. The van der Waals surface area contributed by atoms with E-state index >= 15 is 0 Å². The van der Waals surface area contributed by atoms with Gasteiger partial charge in [-0.05, 0) is 41.0 Å². The Morgan fingerprint density at radius 1 is 0.932 bits per heavy atom. The topological polar surface area (TPSA) is 138 Å². The number of nitrogens with one attached hydrogen (secondary N) is 1. The Kier molecular flexibility index (Phi) is 8.33. The van der Waals surface area contributed by atoms with Crippen molar-refractivity contribution < 1.29 is 32.0 Å². The molecule has 0 aliphatic rings. The molecule has 2 heterocycles. The number of hydrogen-bond donors (Lipinski definition) is 1. The maximum absolute atomic E-state index is 13.4. The number of H-pyrrole nitrogens is 1. The molecule has 3 aromatic carbocycles. The van der Waals surface area contributed by atoms with Gasteiger partial charge in [0.15, 0.2) is 18.2 Å². The smallest absolute Gasteiger partial charge is 0.439 e. The molecule has 2 aromatic heterocycles. The molecule has 5 aromatic rings. The minimum absolute atomic E-state index is 0.201. The number of aromatic nitrogens is 4. The number of halogens is 3. The quantitative estimate of drug-likeness (QED) is 0.236. The highest BCUT2D eigenvalue weighted by molar-refractivity contribution is 5.96. The van der Waals surface area contributed by atoms with Crippen LogP contribution in [0.4, 0.5) is 13.2 Å². The maximum atomic E-state index is 13.4. The molecule has 0 saturated carbocycles. The van der Waals surface area contributed by atoms with Gasteiger partial charge in [0.25, 0.3) is 5.56 Å². The number of hydrogen-bond acceptors (Lipinski definition) is 8. The Balaban J connectivity index is 1.48. The van der Waals surface area contributed by atoms with Gasteiger partial charge in [-0.15, -0.1) is 0 Å². The molecule has 0 aliphatic carbocycles. The molecular weight excluding hydrogens is 585 g/mol. The molecule has 226 valence electrons. The van der Waals surface area contributed by atoms with Gasteiger partial charge in [0.05, 0.1) is 26.3 Å². The number of methoxy groups -OCH3 is 1. The molecule has 0 unspecified atom stereocenters. The average Bonchev–Trinajstić information content (AvgIpc) is 3.45. The van der Waals surface area contributed by atoms with E-state index in [1.54, 1.807) is 48.5 Å². The zero-order valence-electron chi connectivity index (χ0n) is 23.0. The Labute approximate surface area is 245 Å². The summed E-state index contributed by atoms with van der Waals surface area (Å²) in [6.45, 7) is -2.66. The summed E-state index contributed by atoms with van der Waals surface area (Å²) in [5.74, 6) is -1.17. The summed E-state index contributed by atoms with van der Waals surface area (Å²) in [4.78, 5) is 53.1. The van der Waals surface area contributed by atoms with E-state index in [-0.39, 0.29) is 17.9 Å². The molecule has 0 radical (unpaired) electrons. The molecule has 0 atom stereocenters. The number of aromatic amines is 1. The molecular formula is C30H23F3N4O7. The highest BCUT2D eigenvalue weighted by atomic mass is 19.4. The van der Waals surface area contributed by atoms with Crippen LogP contribution in [0.15, 0.2) is 97.8 Å². The van der Waals surface area contributed by atoms with E-state index in [0.29, 0.717) is 32.6 Å². The monoisotopic (exact) mass is 608 g/mol. The van der Waals surface area contributed by atoms with Crippen molar-refractivity contribution in [3.8, 4) is 34.1 Å². The normalized spacial score (nSPS) is 11.4. The second kappa shape index (κ2) is 12.3. The third kappa shape index (κ3) is 6.69. The summed E-state index contributed by atoms with van der Waals surface area (Å²) < 4.78 is 54.9. The SMILES string of the molecule is COc1ccc(C(=O)Cn2c(=O)cc(OCC(F)(F)F)n(Cc3ccc(-c4ccccc4-c4noc(=O)[nH]4)cc3)c2=O)cc1. The van der Waals surface area contributed by atoms with Gasteiger partial charge in [-0.25, -0.2) is 9.59 Å². The number of Topliss-reactive ketones (excluding diaryl/α,β-unsaturated/α-hetero) is 1. The zero-order chi connectivity index (χ0) is 31.4. The summed E-state index contributed by atoms with van der Waals surface area (Å²) in [7, 11) is 1.45. The summed E-state index contributed by atoms with van der Waals surface area (Å²) in [5.41, 5.74) is 0.630. The first-order valence-corrected chi connectivity index (χ1v) is 13.0. The van der Waals surface area contributed by atoms with E-state index in [0.717, 1.165) is 10.6 Å². The molecule has 0 saturated heterocycles. The van der Waals surface area contributed by atoms with Crippen LogP contribution in [0.3, 0.4) is 0 Å². The summed E-state index contributed by atoms with van der Waals surface area (Å²) in [6.07, 6.45) is -4.73. The predicted octanol–water partition coefficient (Wildman–Crippen LogP) is 3.90. The van der Waals surface area contributed by atoms with E-state index in [1.807, 2.05) is 0 Å². The molecule has 5 rings (SSSR count). The fourth-order valence-corrected chi connectivity index (χ4v) is 4.43. The standard InChI is InChI=1S/C30H23F3N4O7/c1-42-21-12-10-20(11-13-21)24(38)16-36-25(39)14-26(43-17-30(31,32)33)37(29(36)41)15-18-6-8-19(9-7-18)22-4-2-3-5-23(22)27-34-28(40)44-35-27/h2-14H,15-17H2,1H3,(H,34,35,40). The Hall–Kier alpha value is -5.66. The fraction of sp³-hybridized carbons (Fsp3) is 0.167. The van der Waals surface area contributed by atoms with Gasteiger partial charge in [0.2, 0.25) is 5.88 Å². The number of rotatable bonds is 10. The van der Waals surface area contributed by atoms with Crippen molar-refractivity contribution in [3.05, 3.63) is 121 Å². The van der Waals surface area contributed by atoms with Crippen molar-refractivity contribution in [2.24, 2.45) is 0 Å². The number of carbonyl (C=O) groups excluding carboxylic acids is 1. The largest absolute Gasteiger partial charge is 0.497 e. The molecule has 1 N–H and O–H groups in total. The molecule has 0 amide bonds. The average molecular weight is 609 g/mol. The first kappa shape index (κ1) is 29.8. The molecule has 14 heteroatoms. The van der Waals surface area contributed by atoms with E-state index in [2.05, 4.69) is 14.7 Å². The number of nitrogens with zero attached hydrogens (tertiary/aromatic N) is 3. The first-order valence-electron chi connectivity index (χ1n) is 13.0. The van der Waals surface area contributed by atoms with Gasteiger partial charge in [-0.2, -0.15) is 13.2 Å². The molecule has 44 heavy (non-hydrogen) atoms. The second-order valence-electron chi connectivity index (χ2n) is 9.52. The van der Waals surface area contributed by atoms with E-state index < -0.39 is 48.0 Å². The molecule has 0 spiro atoms. The van der Waals surface area contributed by atoms with Crippen molar-refractivity contribution in [2.45, 2.75) is 19.3 Å². The fourth-order valence-electron chi connectivity index (χ4n) is 4.43. The lowest BCUT2D eigenvalue weighted by Crippen LogP contribution is -2.42. The highest BCUT2D eigenvalue weighted by Gasteiger charge is 2.29. The van der Waals surface area contributed by atoms with Crippen molar-refractivity contribution >= 4 is 5.78 Å². The summed E-state index contributed by atoms with van der Waals surface area (Å²) >= 11 is 0. The van der Waals surface area contributed by atoms with Gasteiger partial charge in [0.1, 0.15) is 5.75 Å². The third-order valence-corrected chi connectivity index (χ3v) is 6.57. The summed E-state index contributed by atoms with van der Waals surface area (Å²) in [5, 5.41) is 3.73. The van der Waals surface area contributed by atoms with Gasteiger partial charge in [0, 0.05) is 11.1 Å². The van der Waals surface area contributed by atoms with Crippen LogP contribution in [0, 0.1) is 0 Å². The predicted molar refractivity (Wildman–Crippen MR) is 151 cm³/mol. The first-order chi connectivity index (χ1) is 21.0. The molecule has 0 fully saturated rings. The lowest BCUT2D eigenvalue weighted by molar-refractivity contribution is -0.154. The van der Waals surface area contributed by atoms with Crippen LogP contribution in [0.2, 0.25) is 0 Å². The van der Waals surface area contributed by atoms with Crippen LogP contribution in [0.1, 0.15) is 15.9 Å². The Morgan fingerprint density at radius 2 is 1.61 bits per heavy atom. The zero-order valence-corrected chi connectivity index (χ0v) is 23.0.